The fourth-order valence-electron chi connectivity index (χ4n) is 2.35. The number of aliphatic hydroxyl groups excluding tert-OH is 1. The molecule has 0 bridgehead atoms. The van der Waals surface area contributed by atoms with E-state index in [2.05, 4.69) is 4.74 Å². The van der Waals surface area contributed by atoms with Crippen molar-refractivity contribution in [2.24, 2.45) is 11.3 Å². The molecule has 0 saturated heterocycles. The molecule has 0 aromatic heterocycles. The summed E-state index contributed by atoms with van der Waals surface area (Å²) in [6.45, 7) is 5.20. The number of nitrogens with one attached hydrogen (secondary N) is 1. The Kier molecular flexibility index (Phi) is 3.94. The summed E-state index contributed by atoms with van der Waals surface area (Å²) in [5, 5.41) is 18.0. The van der Waals surface area contributed by atoms with Crippen LogP contribution in [0.1, 0.15) is 33.6 Å². The third kappa shape index (κ3) is 2.30. The maximum atomic E-state index is 11.8. The number of hydrogen-bond acceptors (Lipinski definition) is 5. The van der Waals surface area contributed by atoms with Gasteiger partial charge in [-0.05, 0) is 11.8 Å². The van der Waals surface area contributed by atoms with Gasteiger partial charge in [-0.25, -0.2) is 0 Å². The van der Waals surface area contributed by atoms with Crippen molar-refractivity contribution >= 4 is 17.5 Å². The lowest BCUT2D eigenvalue weighted by molar-refractivity contribution is -0.149. The van der Waals surface area contributed by atoms with Crippen LogP contribution >= 0.6 is 0 Å². The first-order valence-corrected chi connectivity index (χ1v) is 5.88. The number of carbonyl (C=O) groups excluding carboxylic acids is 2. The van der Waals surface area contributed by atoms with Crippen LogP contribution in [0.2, 0.25) is 0 Å². The molecule has 0 amide bonds. The van der Waals surface area contributed by atoms with E-state index in [-0.39, 0.29) is 35.7 Å². The van der Waals surface area contributed by atoms with Gasteiger partial charge in [-0.3, -0.25) is 9.59 Å². The van der Waals surface area contributed by atoms with Crippen molar-refractivity contribution in [1.29, 1.82) is 5.41 Å². The van der Waals surface area contributed by atoms with Gasteiger partial charge in [0.2, 0.25) is 0 Å². The minimum atomic E-state index is -0.887. The monoisotopic (exact) mass is 253 g/mol. The van der Waals surface area contributed by atoms with Crippen molar-refractivity contribution in [2.75, 3.05) is 7.11 Å². The Morgan fingerprint density at radius 3 is 2.50 bits per heavy atom. The van der Waals surface area contributed by atoms with E-state index < -0.39 is 17.3 Å². The quantitative estimate of drug-likeness (QED) is 0.753. The van der Waals surface area contributed by atoms with Crippen LogP contribution in [0.5, 0.6) is 0 Å². The number of ketones is 1. The predicted molar refractivity (Wildman–Crippen MR) is 66.6 cm³/mol. The van der Waals surface area contributed by atoms with Gasteiger partial charge in [0, 0.05) is 12.1 Å². The van der Waals surface area contributed by atoms with Crippen molar-refractivity contribution in [3.63, 3.8) is 0 Å². The van der Waals surface area contributed by atoms with E-state index in [1.807, 2.05) is 0 Å². The fourth-order valence-corrected chi connectivity index (χ4v) is 2.35. The number of allylic oxidation sites excluding steroid dienone is 1. The molecule has 100 valence electrons. The SMILES string of the molecule is CCC(=O)C1=C(O)C(C(=O)OC)C(C)(C)CC1=N. The highest BCUT2D eigenvalue weighted by Crippen LogP contribution is 2.42. The maximum absolute atomic E-state index is 11.8. The zero-order valence-electron chi connectivity index (χ0n) is 11.2. The van der Waals surface area contributed by atoms with Crippen molar-refractivity contribution in [3.05, 3.63) is 11.3 Å². The first-order chi connectivity index (χ1) is 8.26. The van der Waals surface area contributed by atoms with Crippen molar-refractivity contribution < 1.29 is 19.4 Å². The molecule has 18 heavy (non-hydrogen) atoms. The highest BCUT2D eigenvalue weighted by atomic mass is 16.5. The molecule has 0 heterocycles. The highest BCUT2D eigenvalue weighted by molar-refractivity contribution is 6.22. The highest BCUT2D eigenvalue weighted by Gasteiger charge is 2.46. The number of aliphatic hydroxyl groups is 1. The molecule has 0 saturated carbocycles. The van der Waals surface area contributed by atoms with Gasteiger partial charge in [0.25, 0.3) is 0 Å². The summed E-state index contributed by atoms with van der Waals surface area (Å²) >= 11 is 0. The van der Waals surface area contributed by atoms with Crippen LogP contribution in [0.25, 0.3) is 0 Å². The second-order valence-electron chi connectivity index (χ2n) is 5.14. The van der Waals surface area contributed by atoms with E-state index in [9.17, 15) is 14.7 Å². The maximum Gasteiger partial charge on any atom is 0.316 e. The Labute approximate surface area is 106 Å². The molecule has 1 aliphatic carbocycles. The van der Waals surface area contributed by atoms with Crippen LogP contribution in [-0.2, 0) is 14.3 Å². The molecule has 0 spiro atoms. The lowest BCUT2D eigenvalue weighted by Gasteiger charge is -2.37. The predicted octanol–water partition coefficient (Wildman–Crippen LogP) is 2.02. The van der Waals surface area contributed by atoms with Gasteiger partial charge < -0.3 is 15.3 Å². The van der Waals surface area contributed by atoms with Gasteiger partial charge in [-0.15, -0.1) is 0 Å². The summed E-state index contributed by atoms with van der Waals surface area (Å²) in [7, 11) is 1.24. The lowest BCUT2D eigenvalue weighted by Crippen LogP contribution is -2.41. The van der Waals surface area contributed by atoms with E-state index in [1.54, 1.807) is 20.8 Å². The molecule has 2 N–H and O–H groups in total. The molecule has 0 radical (unpaired) electrons. The Morgan fingerprint density at radius 2 is 2.06 bits per heavy atom. The summed E-state index contributed by atoms with van der Waals surface area (Å²) in [4.78, 5) is 23.5. The van der Waals surface area contributed by atoms with Crippen molar-refractivity contribution in [3.8, 4) is 0 Å². The first kappa shape index (κ1) is 14.4. The summed E-state index contributed by atoms with van der Waals surface area (Å²) < 4.78 is 4.68. The minimum Gasteiger partial charge on any atom is -0.511 e. The molecule has 1 rings (SSSR count). The van der Waals surface area contributed by atoms with Gasteiger partial charge in [0.15, 0.2) is 5.78 Å². The lowest BCUT2D eigenvalue weighted by atomic mass is 9.67. The largest absolute Gasteiger partial charge is 0.511 e. The molecule has 1 atom stereocenters. The van der Waals surface area contributed by atoms with Crippen LogP contribution in [-0.4, -0.2) is 29.7 Å². The Morgan fingerprint density at radius 1 is 1.50 bits per heavy atom. The van der Waals surface area contributed by atoms with Crippen molar-refractivity contribution in [1.82, 2.24) is 0 Å². The number of ether oxygens (including phenoxy) is 1. The van der Waals surface area contributed by atoms with Gasteiger partial charge in [-0.1, -0.05) is 20.8 Å². The normalized spacial score (nSPS) is 22.9. The van der Waals surface area contributed by atoms with E-state index in [0.29, 0.717) is 0 Å². The van der Waals surface area contributed by atoms with Gasteiger partial charge in [0.05, 0.1) is 12.7 Å². The Hall–Kier alpha value is -1.65. The second-order valence-corrected chi connectivity index (χ2v) is 5.14. The smallest absolute Gasteiger partial charge is 0.316 e. The van der Waals surface area contributed by atoms with Gasteiger partial charge in [0.1, 0.15) is 11.7 Å². The molecule has 1 aliphatic rings. The van der Waals surface area contributed by atoms with Crippen LogP contribution in [0, 0.1) is 16.7 Å². The van der Waals surface area contributed by atoms with Crippen LogP contribution < -0.4 is 0 Å². The standard InChI is InChI=1S/C13H19NO4/c1-5-8(15)9-7(14)6-13(2,3)10(11(9)16)12(17)18-4/h10,14,16H,5-6H2,1-4H3. The van der Waals surface area contributed by atoms with E-state index in [1.165, 1.54) is 7.11 Å². The number of methoxy groups -OCH3 is 1. The number of hydrogen-bond donors (Lipinski definition) is 2. The summed E-state index contributed by atoms with van der Waals surface area (Å²) in [5.41, 5.74) is -0.567. The summed E-state index contributed by atoms with van der Waals surface area (Å²) in [5.74, 6) is -2.11. The number of rotatable bonds is 3. The average Bonchev–Trinajstić information content (AvgIpc) is 2.26. The van der Waals surface area contributed by atoms with Gasteiger partial charge >= 0.3 is 5.97 Å². The Balaban J connectivity index is 3.37. The Bertz CT molecular complexity index is 434. The molecule has 0 aliphatic heterocycles. The molecular weight excluding hydrogens is 234 g/mol. The first-order valence-electron chi connectivity index (χ1n) is 5.88. The molecule has 1 unspecified atom stereocenters. The number of esters is 1. The summed E-state index contributed by atoms with van der Waals surface area (Å²) in [6.07, 6.45) is 0.452. The van der Waals surface area contributed by atoms with Crippen LogP contribution in [0.3, 0.4) is 0 Å². The minimum absolute atomic E-state index is 0.0211. The second kappa shape index (κ2) is 4.92. The van der Waals surface area contributed by atoms with Crippen LogP contribution in [0.4, 0.5) is 0 Å². The van der Waals surface area contributed by atoms with Gasteiger partial charge in [-0.2, -0.15) is 0 Å². The zero-order chi connectivity index (χ0) is 14.1. The molecular formula is C13H19NO4. The molecule has 5 heteroatoms. The molecule has 0 aromatic carbocycles. The third-order valence-corrected chi connectivity index (χ3v) is 3.28. The van der Waals surface area contributed by atoms with E-state index >= 15 is 0 Å². The molecule has 0 fully saturated rings. The third-order valence-electron chi connectivity index (χ3n) is 3.28. The topological polar surface area (TPSA) is 87.4 Å². The number of carbonyl (C=O) groups is 2. The fraction of sp³-hybridized carbons (Fsp3) is 0.615. The average molecular weight is 253 g/mol. The summed E-state index contributed by atoms with van der Waals surface area (Å²) in [6, 6.07) is 0. The van der Waals surface area contributed by atoms with E-state index in [4.69, 9.17) is 5.41 Å². The van der Waals surface area contributed by atoms with Crippen LogP contribution in [0.15, 0.2) is 11.3 Å². The molecule has 0 aromatic rings. The number of Topliss-reactive ketones (excluding diaryl/α,β-unsaturated/α-hetero) is 1. The zero-order valence-corrected chi connectivity index (χ0v) is 11.2. The van der Waals surface area contributed by atoms with E-state index in [0.717, 1.165) is 0 Å². The molecule has 5 nitrogen and oxygen atoms in total. The van der Waals surface area contributed by atoms with Crippen molar-refractivity contribution in [2.45, 2.75) is 33.6 Å².